The number of halogens is 1. The maximum atomic E-state index is 3.52. The minimum atomic E-state index is 0. The van der Waals surface area contributed by atoms with Gasteiger partial charge >= 0.3 is 0 Å². The van der Waals surface area contributed by atoms with E-state index in [1.165, 1.54) is 17.0 Å². The lowest BCUT2D eigenvalue weighted by Crippen LogP contribution is -2.54. The van der Waals surface area contributed by atoms with Crippen molar-refractivity contribution in [3.8, 4) is 0 Å². The Balaban J connectivity index is 0.00000128. The Morgan fingerprint density at radius 3 is 2.88 bits per heavy atom. The number of aryl methyl sites for hydroxylation is 1. The molecular formula is C12H21ClN2S. The van der Waals surface area contributed by atoms with Gasteiger partial charge in [0.25, 0.3) is 0 Å². The van der Waals surface area contributed by atoms with Crippen molar-refractivity contribution in [2.24, 2.45) is 0 Å². The molecule has 0 spiro atoms. The van der Waals surface area contributed by atoms with Gasteiger partial charge in [-0.15, -0.1) is 23.7 Å². The Morgan fingerprint density at radius 1 is 1.50 bits per heavy atom. The Morgan fingerprint density at radius 2 is 2.25 bits per heavy atom. The van der Waals surface area contributed by atoms with Gasteiger partial charge in [0.1, 0.15) is 0 Å². The average Bonchev–Trinajstić information content (AvgIpc) is 2.60. The van der Waals surface area contributed by atoms with E-state index in [9.17, 15) is 0 Å². The van der Waals surface area contributed by atoms with Gasteiger partial charge in [0.2, 0.25) is 0 Å². The molecule has 0 aliphatic carbocycles. The van der Waals surface area contributed by atoms with Gasteiger partial charge in [-0.25, -0.2) is 0 Å². The van der Waals surface area contributed by atoms with Crippen LogP contribution in [0.15, 0.2) is 11.4 Å². The molecule has 1 aromatic rings. The molecule has 1 saturated heterocycles. The highest BCUT2D eigenvalue weighted by Gasteiger charge is 2.24. The molecule has 0 amide bonds. The molecule has 92 valence electrons. The summed E-state index contributed by atoms with van der Waals surface area (Å²) >= 11 is 1.88. The van der Waals surface area contributed by atoms with Crippen LogP contribution < -0.4 is 5.32 Å². The van der Waals surface area contributed by atoms with Crippen LogP contribution in [0.2, 0.25) is 0 Å². The number of hydrogen-bond donors (Lipinski definition) is 1. The zero-order valence-corrected chi connectivity index (χ0v) is 11.8. The third-order valence-corrected chi connectivity index (χ3v) is 4.49. The van der Waals surface area contributed by atoms with E-state index < -0.39 is 0 Å². The number of nitrogens with zero attached hydrogens (tertiary/aromatic N) is 1. The standard InChI is InChI=1S/C12H20N2S.ClH/c1-9-4-7-15-12(9)8-14-6-5-13-10(2)11(14)3;/h4,7,10-11,13H,5-6,8H2,1-3H3;1H. The first kappa shape index (κ1) is 14.0. The van der Waals surface area contributed by atoms with E-state index in [1.54, 1.807) is 0 Å². The molecule has 4 heteroatoms. The summed E-state index contributed by atoms with van der Waals surface area (Å²) in [6, 6.07) is 3.47. The predicted molar refractivity (Wildman–Crippen MR) is 73.6 cm³/mol. The van der Waals surface area contributed by atoms with Crippen LogP contribution in [0, 0.1) is 6.92 Å². The first-order chi connectivity index (χ1) is 7.18. The van der Waals surface area contributed by atoms with Gasteiger partial charge in [0.15, 0.2) is 0 Å². The number of hydrogen-bond acceptors (Lipinski definition) is 3. The highest BCUT2D eigenvalue weighted by molar-refractivity contribution is 7.10. The molecule has 0 aromatic carbocycles. The number of piperazine rings is 1. The van der Waals surface area contributed by atoms with Crippen molar-refractivity contribution in [3.63, 3.8) is 0 Å². The fraction of sp³-hybridized carbons (Fsp3) is 0.667. The third kappa shape index (κ3) is 2.98. The van der Waals surface area contributed by atoms with E-state index in [2.05, 4.69) is 42.4 Å². The second-order valence-electron chi connectivity index (χ2n) is 4.48. The topological polar surface area (TPSA) is 15.3 Å². The molecule has 2 nitrogen and oxygen atoms in total. The Labute approximate surface area is 108 Å². The zero-order chi connectivity index (χ0) is 10.8. The van der Waals surface area contributed by atoms with Crippen LogP contribution in [0.5, 0.6) is 0 Å². The van der Waals surface area contributed by atoms with Crippen molar-refractivity contribution in [1.29, 1.82) is 0 Å². The van der Waals surface area contributed by atoms with E-state index in [1.807, 2.05) is 11.3 Å². The van der Waals surface area contributed by atoms with Crippen LogP contribution in [0.1, 0.15) is 24.3 Å². The second kappa shape index (κ2) is 6.01. The fourth-order valence-corrected chi connectivity index (χ4v) is 3.03. The van der Waals surface area contributed by atoms with Gasteiger partial charge in [-0.1, -0.05) is 0 Å². The summed E-state index contributed by atoms with van der Waals surface area (Å²) in [5.74, 6) is 0. The molecule has 1 aliphatic heterocycles. The molecule has 1 N–H and O–H groups in total. The average molecular weight is 261 g/mol. The lowest BCUT2D eigenvalue weighted by Gasteiger charge is -2.38. The fourth-order valence-electron chi connectivity index (χ4n) is 2.10. The van der Waals surface area contributed by atoms with Gasteiger partial charge in [-0.2, -0.15) is 0 Å². The molecule has 1 aliphatic rings. The Bertz CT molecular complexity index is 327. The number of nitrogens with one attached hydrogen (secondary N) is 1. The van der Waals surface area contributed by atoms with Gasteiger partial charge in [0.05, 0.1) is 0 Å². The second-order valence-corrected chi connectivity index (χ2v) is 5.48. The molecule has 0 saturated carbocycles. The first-order valence-corrected chi connectivity index (χ1v) is 6.57. The zero-order valence-electron chi connectivity index (χ0n) is 10.2. The molecule has 2 unspecified atom stereocenters. The van der Waals surface area contributed by atoms with Crippen LogP contribution in [0.3, 0.4) is 0 Å². The monoisotopic (exact) mass is 260 g/mol. The van der Waals surface area contributed by atoms with Crippen molar-refractivity contribution in [1.82, 2.24) is 10.2 Å². The van der Waals surface area contributed by atoms with Crippen molar-refractivity contribution in [3.05, 3.63) is 21.9 Å². The third-order valence-electron chi connectivity index (χ3n) is 3.48. The van der Waals surface area contributed by atoms with Crippen molar-refractivity contribution in [2.75, 3.05) is 13.1 Å². The summed E-state index contributed by atoms with van der Waals surface area (Å²) < 4.78 is 0. The summed E-state index contributed by atoms with van der Waals surface area (Å²) in [4.78, 5) is 4.11. The maximum Gasteiger partial charge on any atom is 0.0334 e. The largest absolute Gasteiger partial charge is 0.311 e. The van der Waals surface area contributed by atoms with Gasteiger partial charge in [-0.05, 0) is 37.8 Å². The Kier molecular flexibility index (Phi) is 5.25. The first-order valence-electron chi connectivity index (χ1n) is 5.69. The molecule has 16 heavy (non-hydrogen) atoms. The molecule has 0 bridgehead atoms. The summed E-state index contributed by atoms with van der Waals surface area (Å²) in [5.41, 5.74) is 1.44. The Hall–Kier alpha value is -0.0900. The minimum Gasteiger partial charge on any atom is -0.311 e. The van der Waals surface area contributed by atoms with Crippen LogP contribution >= 0.6 is 23.7 Å². The normalized spacial score (nSPS) is 26.4. The van der Waals surface area contributed by atoms with E-state index >= 15 is 0 Å². The molecule has 1 fully saturated rings. The van der Waals surface area contributed by atoms with Crippen LogP contribution in [-0.4, -0.2) is 30.1 Å². The van der Waals surface area contributed by atoms with Crippen LogP contribution in [-0.2, 0) is 6.54 Å². The van der Waals surface area contributed by atoms with Gasteiger partial charge < -0.3 is 5.32 Å². The van der Waals surface area contributed by atoms with E-state index in [4.69, 9.17) is 0 Å². The predicted octanol–water partition coefficient (Wildman–Crippen LogP) is 2.66. The maximum absolute atomic E-state index is 3.52. The van der Waals surface area contributed by atoms with Crippen molar-refractivity contribution in [2.45, 2.75) is 39.4 Å². The summed E-state index contributed by atoms with van der Waals surface area (Å²) in [6.45, 7) is 10.2. The van der Waals surface area contributed by atoms with Gasteiger partial charge in [-0.3, -0.25) is 4.90 Å². The summed E-state index contributed by atoms with van der Waals surface area (Å²) in [7, 11) is 0. The minimum absolute atomic E-state index is 0. The molecule has 0 radical (unpaired) electrons. The van der Waals surface area contributed by atoms with Crippen molar-refractivity contribution >= 4 is 23.7 Å². The lowest BCUT2D eigenvalue weighted by atomic mass is 10.1. The highest BCUT2D eigenvalue weighted by atomic mass is 35.5. The summed E-state index contributed by atoms with van der Waals surface area (Å²) in [5, 5.41) is 5.71. The molecule has 2 heterocycles. The molecular weight excluding hydrogens is 240 g/mol. The van der Waals surface area contributed by atoms with E-state index in [-0.39, 0.29) is 12.4 Å². The quantitative estimate of drug-likeness (QED) is 0.880. The number of thiophene rings is 1. The van der Waals surface area contributed by atoms with Crippen LogP contribution in [0.4, 0.5) is 0 Å². The highest BCUT2D eigenvalue weighted by Crippen LogP contribution is 2.20. The molecule has 1 aromatic heterocycles. The SMILES string of the molecule is Cc1ccsc1CN1CCNC(C)C1C.Cl. The lowest BCUT2D eigenvalue weighted by molar-refractivity contribution is 0.132. The molecule has 2 atom stereocenters. The molecule has 2 rings (SSSR count). The number of rotatable bonds is 2. The van der Waals surface area contributed by atoms with Crippen molar-refractivity contribution < 1.29 is 0 Å². The van der Waals surface area contributed by atoms with E-state index in [0.29, 0.717) is 12.1 Å². The smallest absolute Gasteiger partial charge is 0.0334 e. The van der Waals surface area contributed by atoms with E-state index in [0.717, 1.165) is 13.1 Å². The summed E-state index contributed by atoms with van der Waals surface area (Å²) in [6.07, 6.45) is 0. The van der Waals surface area contributed by atoms with Gasteiger partial charge in [0, 0.05) is 36.6 Å². The van der Waals surface area contributed by atoms with Crippen LogP contribution in [0.25, 0.3) is 0 Å².